The van der Waals surface area contributed by atoms with Gasteiger partial charge in [-0.25, -0.2) is 4.39 Å². The third kappa shape index (κ3) is 3.34. The van der Waals surface area contributed by atoms with E-state index in [1.807, 2.05) is 0 Å². The van der Waals surface area contributed by atoms with E-state index in [9.17, 15) is 30.7 Å². The molecule has 0 radical (unpaired) electrons. The van der Waals surface area contributed by atoms with E-state index in [4.69, 9.17) is 0 Å². The van der Waals surface area contributed by atoms with Gasteiger partial charge in [-0.05, 0) is 35.4 Å². The molecular weight excluding hydrogens is 301 g/mol. The van der Waals surface area contributed by atoms with Crippen LogP contribution < -0.4 is 0 Å². The van der Waals surface area contributed by atoms with Gasteiger partial charge >= 0.3 is 12.4 Å². The normalized spacial score (nSPS) is 12.5. The molecule has 0 amide bonds. The highest BCUT2D eigenvalue weighted by Gasteiger charge is 2.38. The van der Waals surface area contributed by atoms with Crippen molar-refractivity contribution in [2.45, 2.75) is 12.4 Å². The fourth-order valence-corrected chi connectivity index (χ4v) is 1.84. The Bertz CT molecular complexity index is 636. The summed E-state index contributed by atoms with van der Waals surface area (Å²) in [5, 5.41) is 0. The summed E-state index contributed by atoms with van der Waals surface area (Å²) < 4.78 is 89.2. The van der Waals surface area contributed by atoms with Gasteiger partial charge in [0.15, 0.2) is 0 Å². The lowest BCUT2D eigenvalue weighted by Crippen LogP contribution is -2.12. The molecular formula is C14H7F7. The predicted octanol–water partition coefficient (Wildman–Crippen LogP) is 5.53. The molecule has 0 atom stereocenters. The van der Waals surface area contributed by atoms with Gasteiger partial charge in [-0.2, -0.15) is 26.3 Å². The van der Waals surface area contributed by atoms with Crippen LogP contribution >= 0.6 is 0 Å². The summed E-state index contributed by atoms with van der Waals surface area (Å²) in [7, 11) is 0. The Labute approximate surface area is 114 Å². The molecule has 2 aromatic rings. The lowest BCUT2D eigenvalue weighted by Gasteiger charge is -2.16. The van der Waals surface area contributed by atoms with E-state index in [1.165, 1.54) is 0 Å². The summed E-state index contributed by atoms with van der Waals surface area (Å²) in [6.07, 6.45) is -9.83. The van der Waals surface area contributed by atoms with Crippen LogP contribution in [0.3, 0.4) is 0 Å². The molecule has 0 N–H and O–H groups in total. The molecule has 2 rings (SSSR count). The molecule has 0 fully saturated rings. The molecule has 0 aliphatic heterocycles. The van der Waals surface area contributed by atoms with Crippen LogP contribution in [0.25, 0.3) is 11.1 Å². The highest BCUT2D eigenvalue weighted by molar-refractivity contribution is 5.68. The highest BCUT2D eigenvalue weighted by atomic mass is 19.4. The SMILES string of the molecule is Fc1ccc(-c2ccc(C(F)(F)F)cc2C(F)(F)F)cc1. The van der Waals surface area contributed by atoms with E-state index in [2.05, 4.69) is 0 Å². The zero-order valence-electron chi connectivity index (χ0n) is 10.2. The van der Waals surface area contributed by atoms with Crippen LogP contribution in [0.5, 0.6) is 0 Å². The monoisotopic (exact) mass is 308 g/mol. The van der Waals surface area contributed by atoms with Gasteiger partial charge in [-0.15, -0.1) is 0 Å². The van der Waals surface area contributed by atoms with Crippen molar-refractivity contribution in [3.63, 3.8) is 0 Å². The average Bonchev–Trinajstić information content (AvgIpc) is 2.37. The summed E-state index contributed by atoms with van der Waals surface area (Å²) in [6, 6.07) is 5.38. The Hall–Kier alpha value is -2.05. The van der Waals surface area contributed by atoms with Crippen molar-refractivity contribution in [1.29, 1.82) is 0 Å². The predicted molar refractivity (Wildman–Crippen MR) is 61.8 cm³/mol. The number of benzene rings is 2. The van der Waals surface area contributed by atoms with Crippen molar-refractivity contribution in [3.05, 3.63) is 59.4 Å². The fraction of sp³-hybridized carbons (Fsp3) is 0.143. The second kappa shape index (κ2) is 5.05. The van der Waals surface area contributed by atoms with Gasteiger partial charge in [0.1, 0.15) is 5.82 Å². The lowest BCUT2D eigenvalue weighted by molar-refractivity contribution is -0.142. The first-order chi connectivity index (χ1) is 9.59. The van der Waals surface area contributed by atoms with Crippen LogP contribution in [0.2, 0.25) is 0 Å². The molecule has 0 heterocycles. The molecule has 0 aliphatic carbocycles. The topological polar surface area (TPSA) is 0 Å². The number of hydrogen-bond donors (Lipinski definition) is 0. The number of alkyl halides is 6. The van der Waals surface area contributed by atoms with E-state index in [-0.39, 0.29) is 11.6 Å². The Morgan fingerprint density at radius 2 is 1.24 bits per heavy atom. The van der Waals surface area contributed by atoms with Gasteiger partial charge in [0.2, 0.25) is 0 Å². The van der Waals surface area contributed by atoms with Crippen molar-refractivity contribution < 1.29 is 30.7 Å². The summed E-state index contributed by atoms with van der Waals surface area (Å²) in [4.78, 5) is 0. The molecule has 0 aromatic heterocycles. The lowest BCUT2D eigenvalue weighted by atomic mass is 9.97. The minimum atomic E-state index is -4.95. The van der Waals surface area contributed by atoms with Crippen LogP contribution in [0.1, 0.15) is 11.1 Å². The Kier molecular flexibility index (Phi) is 3.69. The van der Waals surface area contributed by atoms with Gasteiger partial charge < -0.3 is 0 Å². The maximum Gasteiger partial charge on any atom is 0.417 e. The molecule has 21 heavy (non-hydrogen) atoms. The molecule has 0 spiro atoms. The maximum atomic E-state index is 12.9. The zero-order chi connectivity index (χ0) is 15.8. The van der Waals surface area contributed by atoms with Crippen LogP contribution in [-0.4, -0.2) is 0 Å². The minimum absolute atomic E-state index is 0.0163. The number of hydrogen-bond acceptors (Lipinski definition) is 0. The van der Waals surface area contributed by atoms with Gasteiger partial charge in [-0.3, -0.25) is 0 Å². The summed E-state index contributed by atoms with van der Waals surface area (Å²) >= 11 is 0. The van der Waals surface area contributed by atoms with Gasteiger partial charge in [-0.1, -0.05) is 18.2 Å². The standard InChI is InChI=1S/C14H7F7/c15-10-4-1-8(2-5-10)11-6-3-9(13(16,17)18)7-12(11)14(19,20)21/h1-7H. The molecule has 0 saturated carbocycles. The van der Waals surface area contributed by atoms with Crippen molar-refractivity contribution >= 4 is 0 Å². The summed E-state index contributed by atoms with van der Waals surface area (Å²) in [6.45, 7) is 0. The van der Waals surface area contributed by atoms with Crippen LogP contribution in [0.4, 0.5) is 30.7 Å². The molecule has 0 unspecified atom stereocenters. The van der Waals surface area contributed by atoms with Gasteiger partial charge in [0.25, 0.3) is 0 Å². The maximum absolute atomic E-state index is 12.9. The number of halogens is 7. The first-order valence-corrected chi connectivity index (χ1v) is 5.63. The van der Waals surface area contributed by atoms with Crippen molar-refractivity contribution in [2.75, 3.05) is 0 Å². The first-order valence-electron chi connectivity index (χ1n) is 5.63. The third-order valence-electron chi connectivity index (χ3n) is 2.81. The Morgan fingerprint density at radius 1 is 0.667 bits per heavy atom. The van der Waals surface area contributed by atoms with E-state index in [1.54, 1.807) is 0 Å². The van der Waals surface area contributed by atoms with E-state index in [0.717, 1.165) is 30.3 Å². The van der Waals surface area contributed by atoms with E-state index in [0.29, 0.717) is 6.07 Å². The van der Waals surface area contributed by atoms with E-state index < -0.39 is 34.9 Å². The van der Waals surface area contributed by atoms with Crippen molar-refractivity contribution in [2.24, 2.45) is 0 Å². The van der Waals surface area contributed by atoms with Crippen molar-refractivity contribution in [1.82, 2.24) is 0 Å². The van der Waals surface area contributed by atoms with Crippen LogP contribution in [-0.2, 0) is 12.4 Å². The molecule has 0 bridgehead atoms. The highest BCUT2D eigenvalue weighted by Crippen LogP contribution is 2.40. The fourth-order valence-electron chi connectivity index (χ4n) is 1.84. The van der Waals surface area contributed by atoms with E-state index >= 15 is 0 Å². The molecule has 2 aromatic carbocycles. The Morgan fingerprint density at radius 3 is 1.71 bits per heavy atom. The third-order valence-corrected chi connectivity index (χ3v) is 2.81. The number of rotatable bonds is 1. The molecule has 112 valence electrons. The summed E-state index contributed by atoms with van der Waals surface area (Å²) in [5.41, 5.74) is -3.25. The Balaban J connectivity index is 2.63. The first kappa shape index (κ1) is 15.3. The molecule has 0 saturated heterocycles. The molecule has 0 aliphatic rings. The van der Waals surface area contributed by atoms with Crippen LogP contribution in [0, 0.1) is 5.82 Å². The summed E-state index contributed by atoms with van der Waals surface area (Å²) in [5.74, 6) is -0.653. The van der Waals surface area contributed by atoms with Gasteiger partial charge in [0, 0.05) is 0 Å². The zero-order valence-corrected chi connectivity index (χ0v) is 10.2. The molecule has 0 nitrogen and oxygen atoms in total. The van der Waals surface area contributed by atoms with Crippen LogP contribution in [0.15, 0.2) is 42.5 Å². The second-order valence-electron chi connectivity index (χ2n) is 4.26. The quantitative estimate of drug-likeness (QED) is 0.608. The largest absolute Gasteiger partial charge is 0.417 e. The smallest absolute Gasteiger partial charge is 0.207 e. The molecule has 7 heteroatoms. The van der Waals surface area contributed by atoms with Gasteiger partial charge in [0.05, 0.1) is 11.1 Å². The second-order valence-corrected chi connectivity index (χ2v) is 4.26. The minimum Gasteiger partial charge on any atom is -0.207 e. The average molecular weight is 308 g/mol. The van der Waals surface area contributed by atoms with Crippen molar-refractivity contribution in [3.8, 4) is 11.1 Å².